The van der Waals surface area contributed by atoms with Gasteiger partial charge in [-0.2, -0.15) is 0 Å². The van der Waals surface area contributed by atoms with Crippen LogP contribution in [0.4, 0.5) is 11.4 Å². The van der Waals surface area contributed by atoms with E-state index in [0.29, 0.717) is 22.2 Å². The Bertz CT molecular complexity index is 824. The van der Waals surface area contributed by atoms with Crippen LogP contribution < -0.4 is 9.47 Å². The van der Waals surface area contributed by atoms with Gasteiger partial charge in [-0.3, -0.25) is 15.1 Å². The third-order valence-electron chi connectivity index (χ3n) is 3.08. The van der Waals surface area contributed by atoms with Crippen LogP contribution in [-0.2, 0) is 0 Å². The molecule has 0 saturated carbocycles. The average Bonchev–Trinajstić information content (AvgIpc) is 2.55. The van der Waals surface area contributed by atoms with Gasteiger partial charge in [0.2, 0.25) is 5.75 Å². The molecule has 0 atom stereocenters. The van der Waals surface area contributed by atoms with Crippen LogP contribution >= 0.6 is 23.2 Å². The van der Waals surface area contributed by atoms with Gasteiger partial charge in [0.05, 0.1) is 24.2 Å². The predicted octanol–water partition coefficient (Wildman–Crippen LogP) is 4.38. The molecule has 2 aromatic carbocycles. The molecule has 0 heterocycles. The first kappa shape index (κ1) is 17.8. The third-order valence-corrected chi connectivity index (χ3v) is 3.59. The normalized spacial score (nSPS) is 10.8. The number of aliphatic imine (C=N–C) groups is 1. The van der Waals surface area contributed by atoms with Crippen LogP contribution in [0, 0.1) is 10.1 Å². The molecule has 0 radical (unpaired) electrons. The van der Waals surface area contributed by atoms with E-state index in [9.17, 15) is 15.2 Å². The lowest BCUT2D eigenvalue weighted by Gasteiger charge is -2.09. The molecule has 0 aliphatic heterocycles. The largest absolute Gasteiger partial charge is 0.502 e. The van der Waals surface area contributed by atoms with Crippen molar-refractivity contribution in [3.05, 3.63) is 50.0 Å². The Hall–Kier alpha value is -2.51. The number of aromatic hydroxyl groups is 1. The van der Waals surface area contributed by atoms with Crippen molar-refractivity contribution >= 4 is 40.8 Å². The Kier molecular flexibility index (Phi) is 5.48. The molecule has 0 aliphatic rings. The molecule has 24 heavy (non-hydrogen) atoms. The van der Waals surface area contributed by atoms with Crippen molar-refractivity contribution in [1.82, 2.24) is 0 Å². The van der Waals surface area contributed by atoms with Crippen molar-refractivity contribution in [3.63, 3.8) is 0 Å². The lowest BCUT2D eigenvalue weighted by atomic mass is 10.2. The van der Waals surface area contributed by atoms with Crippen molar-refractivity contribution in [2.45, 2.75) is 0 Å². The third kappa shape index (κ3) is 3.69. The van der Waals surface area contributed by atoms with Crippen LogP contribution in [0.15, 0.2) is 29.3 Å². The minimum atomic E-state index is -0.733. The monoisotopic (exact) mass is 370 g/mol. The Morgan fingerprint density at radius 1 is 1.17 bits per heavy atom. The van der Waals surface area contributed by atoms with E-state index < -0.39 is 16.4 Å². The smallest absolute Gasteiger partial charge is 0.312 e. The molecule has 7 nitrogen and oxygen atoms in total. The van der Waals surface area contributed by atoms with E-state index in [1.807, 2.05) is 0 Å². The zero-order valence-corrected chi connectivity index (χ0v) is 14.1. The highest BCUT2D eigenvalue weighted by Crippen LogP contribution is 2.38. The second-order valence-electron chi connectivity index (χ2n) is 4.54. The summed E-state index contributed by atoms with van der Waals surface area (Å²) < 4.78 is 10.3. The van der Waals surface area contributed by atoms with Gasteiger partial charge in [-0.15, -0.1) is 0 Å². The van der Waals surface area contributed by atoms with Crippen LogP contribution in [0.2, 0.25) is 10.0 Å². The predicted molar refractivity (Wildman–Crippen MR) is 91.6 cm³/mol. The summed E-state index contributed by atoms with van der Waals surface area (Å²) in [6.45, 7) is 0. The molecule has 0 bridgehead atoms. The molecular weight excluding hydrogens is 359 g/mol. The summed E-state index contributed by atoms with van der Waals surface area (Å²) in [4.78, 5) is 14.3. The first-order chi connectivity index (χ1) is 11.4. The van der Waals surface area contributed by atoms with Crippen LogP contribution in [0.25, 0.3) is 0 Å². The van der Waals surface area contributed by atoms with Gasteiger partial charge in [-0.1, -0.05) is 23.2 Å². The topological polar surface area (TPSA) is 94.2 Å². The number of phenols is 1. The van der Waals surface area contributed by atoms with E-state index in [1.165, 1.54) is 32.6 Å². The van der Waals surface area contributed by atoms with E-state index >= 15 is 0 Å². The van der Waals surface area contributed by atoms with Crippen LogP contribution in [0.5, 0.6) is 17.2 Å². The maximum atomic E-state index is 10.9. The zero-order chi connectivity index (χ0) is 17.9. The first-order valence-electron chi connectivity index (χ1n) is 6.49. The molecule has 0 fully saturated rings. The number of rotatable bonds is 5. The average molecular weight is 371 g/mol. The summed E-state index contributed by atoms with van der Waals surface area (Å²) in [5.74, 6) is 0.254. The Morgan fingerprint density at radius 2 is 1.83 bits per heavy atom. The summed E-state index contributed by atoms with van der Waals surface area (Å²) in [5, 5.41) is 21.3. The van der Waals surface area contributed by atoms with Gasteiger partial charge >= 0.3 is 5.69 Å². The van der Waals surface area contributed by atoms with Crippen LogP contribution in [-0.4, -0.2) is 30.5 Å². The molecule has 0 unspecified atom stereocenters. The number of nitro groups is 1. The molecule has 0 amide bonds. The molecule has 0 spiro atoms. The minimum Gasteiger partial charge on any atom is -0.502 e. The molecular formula is C15H12Cl2N2O5. The molecule has 2 rings (SSSR count). The van der Waals surface area contributed by atoms with Crippen molar-refractivity contribution < 1.29 is 19.5 Å². The zero-order valence-electron chi connectivity index (χ0n) is 12.6. The lowest BCUT2D eigenvalue weighted by Crippen LogP contribution is -1.93. The number of ether oxygens (including phenoxy) is 2. The fraction of sp³-hybridized carbons (Fsp3) is 0.133. The number of nitro benzene ring substituents is 1. The van der Waals surface area contributed by atoms with Gasteiger partial charge in [0, 0.05) is 28.9 Å². The van der Waals surface area contributed by atoms with Crippen molar-refractivity contribution in [2.75, 3.05) is 14.2 Å². The van der Waals surface area contributed by atoms with E-state index in [1.54, 1.807) is 6.07 Å². The van der Waals surface area contributed by atoms with Gasteiger partial charge in [0.1, 0.15) is 17.2 Å². The van der Waals surface area contributed by atoms with Gasteiger partial charge in [-0.05, 0) is 12.1 Å². The van der Waals surface area contributed by atoms with Crippen molar-refractivity contribution in [2.24, 2.45) is 4.99 Å². The molecule has 0 saturated heterocycles. The van der Waals surface area contributed by atoms with Crippen molar-refractivity contribution in [3.8, 4) is 17.2 Å². The van der Waals surface area contributed by atoms with E-state index in [-0.39, 0.29) is 10.6 Å². The summed E-state index contributed by atoms with van der Waals surface area (Å²) in [6.07, 6.45) is 1.23. The minimum absolute atomic E-state index is 0.0863. The van der Waals surface area contributed by atoms with Crippen molar-refractivity contribution in [1.29, 1.82) is 0 Å². The summed E-state index contributed by atoms with van der Waals surface area (Å²) in [7, 11) is 2.91. The molecule has 1 N–H and O–H groups in total. The number of nitrogens with zero attached hydrogens (tertiary/aromatic N) is 2. The maximum absolute atomic E-state index is 10.9. The second kappa shape index (κ2) is 7.37. The van der Waals surface area contributed by atoms with Crippen LogP contribution in [0.1, 0.15) is 5.56 Å². The number of hydrogen-bond acceptors (Lipinski definition) is 6. The Morgan fingerprint density at radius 3 is 2.42 bits per heavy atom. The molecule has 2 aromatic rings. The lowest BCUT2D eigenvalue weighted by molar-refractivity contribution is -0.385. The van der Waals surface area contributed by atoms with Gasteiger partial charge in [-0.25, -0.2) is 0 Å². The molecule has 0 aliphatic carbocycles. The van der Waals surface area contributed by atoms with Gasteiger partial charge < -0.3 is 14.6 Å². The fourth-order valence-electron chi connectivity index (χ4n) is 1.93. The number of halogens is 2. The molecule has 0 aromatic heterocycles. The second-order valence-corrected chi connectivity index (χ2v) is 5.38. The van der Waals surface area contributed by atoms with Crippen LogP contribution in [0.3, 0.4) is 0 Å². The molecule has 9 heteroatoms. The Balaban J connectivity index is 2.49. The highest BCUT2D eigenvalue weighted by Gasteiger charge is 2.18. The molecule has 126 valence electrons. The van der Waals surface area contributed by atoms with Gasteiger partial charge in [0.25, 0.3) is 0 Å². The van der Waals surface area contributed by atoms with Gasteiger partial charge in [0.15, 0.2) is 0 Å². The first-order valence-corrected chi connectivity index (χ1v) is 7.25. The quantitative estimate of drug-likeness (QED) is 0.478. The van der Waals surface area contributed by atoms with E-state index in [4.69, 9.17) is 32.7 Å². The number of methoxy groups -OCH3 is 2. The highest BCUT2D eigenvalue weighted by molar-refractivity contribution is 6.32. The van der Waals surface area contributed by atoms with E-state index in [2.05, 4.69) is 4.99 Å². The fourth-order valence-corrected chi connectivity index (χ4v) is 2.38. The number of benzene rings is 2. The van der Waals surface area contributed by atoms with E-state index in [0.717, 1.165) is 6.07 Å². The Labute approximate surface area is 147 Å². The summed E-state index contributed by atoms with van der Waals surface area (Å²) >= 11 is 11.9. The summed E-state index contributed by atoms with van der Waals surface area (Å²) in [6, 6.07) is 5.46. The SMILES string of the molecule is COc1cc(OC)c(N=Cc2cc(Cl)cc([N+](=O)[O-])c2O)cc1Cl. The highest BCUT2D eigenvalue weighted by atomic mass is 35.5. The number of hydrogen-bond donors (Lipinski definition) is 1. The maximum Gasteiger partial charge on any atom is 0.312 e. The number of phenolic OH excluding ortho intramolecular Hbond substituents is 1. The standard InChI is InChI=1S/C15H12Cl2N2O5/c1-23-13-6-14(24-2)11(5-10(13)17)18-7-8-3-9(16)4-12(15(8)20)19(21)22/h3-7,20H,1-2H3. The summed E-state index contributed by atoms with van der Waals surface area (Å²) in [5.41, 5.74) is -0.0720.